The Labute approximate surface area is 228 Å². The molecular weight excluding hydrogens is 488 g/mol. The number of carbonyl (C=O) groups is 2. The van der Waals surface area contributed by atoms with Crippen LogP contribution in [-0.2, 0) is 29.0 Å². The van der Waals surface area contributed by atoms with Gasteiger partial charge >= 0.3 is 0 Å². The van der Waals surface area contributed by atoms with Crippen LogP contribution in [0.5, 0.6) is 5.75 Å². The maximum atomic E-state index is 13.0. The molecule has 0 radical (unpaired) electrons. The summed E-state index contributed by atoms with van der Waals surface area (Å²) >= 11 is 0. The van der Waals surface area contributed by atoms with E-state index in [0.29, 0.717) is 37.2 Å². The topological polar surface area (TPSA) is 94.5 Å². The fourth-order valence-corrected chi connectivity index (χ4v) is 6.15. The largest absolute Gasteiger partial charge is 0.489 e. The number of benzene rings is 3. The molecule has 4 unspecified atom stereocenters. The van der Waals surface area contributed by atoms with Gasteiger partial charge in [0.1, 0.15) is 18.4 Å². The van der Waals surface area contributed by atoms with Gasteiger partial charge in [-0.1, -0.05) is 54.6 Å². The molecule has 2 aliphatic heterocycles. The molecule has 4 atom stereocenters. The third-order valence-electron chi connectivity index (χ3n) is 8.34. The van der Waals surface area contributed by atoms with Crippen molar-refractivity contribution in [3.63, 3.8) is 0 Å². The SMILES string of the molecule is CN1C(=O)Cc2ccc(-c3ccc(CC(C#N)NC(=O)C4NC5CCC4C5)c(OCc4ccccc4)c3)cc21. The minimum Gasteiger partial charge on any atom is -0.489 e. The Kier molecular flexibility index (Phi) is 6.80. The molecule has 2 bridgehead atoms. The fraction of sp³-hybridized carbons (Fsp3) is 0.344. The molecule has 7 heteroatoms. The van der Waals surface area contributed by atoms with Crippen LogP contribution in [0.25, 0.3) is 11.1 Å². The van der Waals surface area contributed by atoms with Crippen LogP contribution in [0.3, 0.4) is 0 Å². The minimum atomic E-state index is -0.664. The average Bonchev–Trinajstić information content (AvgIpc) is 3.67. The standard InChI is InChI=1S/C32H32N4O3/c1-36-28-15-21(7-9-23(28)17-30(36)37)22-8-10-24(29(16-22)39-19-20-5-3-2-4-6-20)13-27(18-33)35-32(38)31-25-11-12-26(14-25)34-31/h2-10,15-16,25-27,31,34H,11-14,17,19H2,1H3,(H,35,38). The van der Waals surface area contributed by atoms with Gasteiger partial charge in [-0.15, -0.1) is 0 Å². The molecule has 3 aliphatic rings. The van der Waals surface area contributed by atoms with Gasteiger partial charge in [0.2, 0.25) is 11.8 Å². The first-order chi connectivity index (χ1) is 19.0. The number of nitriles is 1. The summed E-state index contributed by atoms with van der Waals surface area (Å²) < 4.78 is 6.31. The second kappa shape index (κ2) is 10.5. The Hall–Kier alpha value is -4.15. The van der Waals surface area contributed by atoms with E-state index in [-0.39, 0.29) is 17.9 Å². The molecule has 2 fully saturated rings. The van der Waals surface area contributed by atoms with Crippen LogP contribution in [-0.4, -0.2) is 37.0 Å². The molecule has 6 rings (SSSR count). The number of nitrogens with zero attached hydrogens (tertiary/aromatic N) is 2. The second-order valence-electron chi connectivity index (χ2n) is 10.9. The van der Waals surface area contributed by atoms with Gasteiger partial charge in [0.15, 0.2) is 0 Å². The van der Waals surface area contributed by atoms with Gasteiger partial charge in [-0.2, -0.15) is 5.26 Å². The van der Waals surface area contributed by atoms with Crippen LogP contribution in [0.4, 0.5) is 5.69 Å². The zero-order valence-corrected chi connectivity index (χ0v) is 22.0. The van der Waals surface area contributed by atoms with Crippen LogP contribution < -0.4 is 20.3 Å². The van der Waals surface area contributed by atoms with E-state index in [1.54, 1.807) is 11.9 Å². The summed E-state index contributed by atoms with van der Waals surface area (Å²) in [5.74, 6) is 1.04. The van der Waals surface area contributed by atoms with Gasteiger partial charge in [-0.05, 0) is 65.1 Å². The van der Waals surface area contributed by atoms with E-state index in [0.717, 1.165) is 52.8 Å². The molecular formula is C32H32N4O3. The number of hydrogen-bond acceptors (Lipinski definition) is 5. The molecule has 3 aromatic rings. The molecule has 1 saturated heterocycles. The van der Waals surface area contributed by atoms with E-state index in [9.17, 15) is 14.9 Å². The average molecular weight is 521 g/mol. The smallest absolute Gasteiger partial charge is 0.238 e. The summed E-state index contributed by atoms with van der Waals surface area (Å²) in [7, 11) is 1.80. The number of carbonyl (C=O) groups excluding carboxylic acids is 2. The van der Waals surface area contributed by atoms with Crippen LogP contribution in [0, 0.1) is 17.2 Å². The first-order valence-corrected chi connectivity index (χ1v) is 13.6. The van der Waals surface area contributed by atoms with E-state index in [1.807, 2.05) is 66.7 Å². The Morgan fingerprint density at radius 1 is 1.13 bits per heavy atom. The van der Waals surface area contributed by atoms with Crippen molar-refractivity contribution in [2.75, 3.05) is 11.9 Å². The number of amides is 2. The lowest BCUT2D eigenvalue weighted by Gasteiger charge is -2.24. The van der Waals surface area contributed by atoms with E-state index < -0.39 is 6.04 Å². The minimum absolute atomic E-state index is 0.0890. The van der Waals surface area contributed by atoms with Gasteiger partial charge in [0.05, 0.1) is 18.5 Å². The highest BCUT2D eigenvalue weighted by Crippen LogP contribution is 2.36. The first kappa shape index (κ1) is 25.1. The third-order valence-corrected chi connectivity index (χ3v) is 8.34. The fourth-order valence-electron chi connectivity index (χ4n) is 6.15. The molecule has 2 amide bonds. The number of ether oxygens (including phenoxy) is 1. The van der Waals surface area contributed by atoms with E-state index in [2.05, 4.69) is 16.7 Å². The maximum absolute atomic E-state index is 13.0. The highest BCUT2D eigenvalue weighted by Gasteiger charge is 2.43. The molecule has 39 heavy (non-hydrogen) atoms. The van der Waals surface area contributed by atoms with Crippen molar-refractivity contribution in [1.82, 2.24) is 10.6 Å². The van der Waals surface area contributed by atoms with Crippen molar-refractivity contribution >= 4 is 17.5 Å². The summed E-state index contributed by atoms with van der Waals surface area (Å²) in [6, 6.07) is 23.8. The second-order valence-corrected chi connectivity index (χ2v) is 10.9. The Bertz CT molecular complexity index is 1450. The molecule has 198 valence electrons. The molecule has 1 aliphatic carbocycles. The highest BCUT2D eigenvalue weighted by atomic mass is 16.5. The lowest BCUT2D eigenvalue weighted by atomic mass is 9.97. The predicted octanol–water partition coefficient (Wildman–Crippen LogP) is 4.14. The normalized spacial score (nSPS) is 21.9. The molecule has 1 saturated carbocycles. The molecule has 0 spiro atoms. The van der Waals surface area contributed by atoms with Crippen molar-refractivity contribution in [1.29, 1.82) is 5.26 Å². The zero-order chi connectivity index (χ0) is 26.9. The van der Waals surface area contributed by atoms with Crippen LogP contribution in [0.15, 0.2) is 66.7 Å². The number of rotatable bonds is 8. The Morgan fingerprint density at radius 3 is 2.67 bits per heavy atom. The van der Waals surface area contributed by atoms with Gasteiger partial charge < -0.3 is 20.3 Å². The summed E-state index contributed by atoms with van der Waals surface area (Å²) in [5, 5.41) is 16.3. The van der Waals surface area contributed by atoms with Gasteiger partial charge in [-0.3, -0.25) is 9.59 Å². The van der Waals surface area contributed by atoms with Crippen molar-refractivity contribution < 1.29 is 14.3 Å². The lowest BCUT2D eigenvalue weighted by molar-refractivity contribution is -0.124. The number of likely N-dealkylation sites (N-methyl/N-ethyl adjacent to an activating group) is 1. The Balaban J connectivity index is 1.24. The van der Waals surface area contributed by atoms with E-state index in [4.69, 9.17) is 4.74 Å². The maximum Gasteiger partial charge on any atom is 0.238 e. The molecule has 7 nitrogen and oxygen atoms in total. The van der Waals surface area contributed by atoms with E-state index >= 15 is 0 Å². The summed E-state index contributed by atoms with van der Waals surface area (Å²) in [6.07, 6.45) is 4.01. The van der Waals surface area contributed by atoms with Crippen molar-refractivity contribution in [2.45, 2.75) is 56.8 Å². The van der Waals surface area contributed by atoms with Crippen LogP contribution in [0.2, 0.25) is 0 Å². The summed E-state index contributed by atoms with van der Waals surface area (Å²) in [4.78, 5) is 26.9. The quantitative estimate of drug-likeness (QED) is 0.466. The molecule has 0 aromatic heterocycles. The lowest BCUT2D eigenvalue weighted by Crippen LogP contribution is -2.50. The molecule has 3 aromatic carbocycles. The van der Waals surface area contributed by atoms with Crippen molar-refractivity contribution in [3.8, 4) is 22.9 Å². The number of nitrogens with one attached hydrogen (secondary N) is 2. The van der Waals surface area contributed by atoms with Crippen LogP contribution in [0.1, 0.15) is 36.0 Å². The number of anilines is 1. The molecule has 2 heterocycles. The number of hydrogen-bond donors (Lipinski definition) is 2. The first-order valence-electron chi connectivity index (χ1n) is 13.6. The number of fused-ring (bicyclic) bond motifs is 3. The molecule has 2 N–H and O–H groups in total. The van der Waals surface area contributed by atoms with Gasteiger partial charge in [-0.25, -0.2) is 0 Å². The summed E-state index contributed by atoms with van der Waals surface area (Å²) in [6.45, 7) is 0.386. The van der Waals surface area contributed by atoms with E-state index in [1.165, 1.54) is 0 Å². The zero-order valence-electron chi connectivity index (χ0n) is 22.0. The van der Waals surface area contributed by atoms with Gasteiger partial charge in [0.25, 0.3) is 0 Å². The summed E-state index contributed by atoms with van der Waals surface area (Å²) in [5.41, 5.74) is 5.80. The number of piperidine rings is 1. The van der Waals surface area contributed by atoms with Crippen LogP contribution >= 0.6 is 0 Å². The third kappa shape index (κ3) is 5.13. The Morgan fingerprint density at radius 2 is 1.92 bits per heavy atom. The highest BCUT2D eigenvalue weighted by molar-refractivity contribution is 6.01. The van der Waals surface area contributed by atoms with Gasteiger partial charge in [0, 0.05) is 25.2 Å². The predicted molar refractivity (Wildman–Crippen MR) is 149 cm³/mol. The monoisotopic (exact) mass is 520 g/mol. The van der Waals surface area contributed by atoms with Crippen molar-refractivity contribution in [2.24, 2.45) is 5.92 Å². The van der Waals surface area contributed by atoms with Crippen molar-refractivity contribution in [3.05, 3.63) is 83.4 Å².